The summed E-state index contributed by atoms with van der Waals surface area (Å²) in [6, 6.07) is 66.0. The largest absolute Gasteiger partial charge is 0.392 e. The van der Waals surface area contributed by atoms with Crippen molar-refractivity contribution in [2.24, 2.45) is 0 Å². The molecule has 0 saturated heterocycles. The number of anilines is 3. The van der Waals surface area contributed by atoms with Crippen LogP contribution >= 0.6 is 0 Å². The molecule has 0 heterocycles. The Balaban J connectivity index is 1.28. The quantitative estimate of drug-likeness (QED) is 0.140. The second kappa shape index (κ2) is 17.0. The Morgan fingerprint density at radius 1 is 0.390 bits per heavy atom. The maximum atomic E-state index is 9.96. The van der Waals surface area contributed by atoms with Crippen molar-refractivity contribution in [3.63, 3.8) is 0 Å². The molecule has 0 amide bonds. The fourth-order valence-corrected chi connectivity index (χ4v) is 8.20. The van der Waals surface area contributed by atoms with E-state index >= 15 is 0 Å². The zero-order valence-electron chi connectivity index (χ0n) is 34.9. The third-order valence-electron chi connectivity index (χ3n) is 11.6. The number of benzene rings is 8. The van der Waals surface area contributed by atoms with Gasteiger partial charge in [0.15, 0.2) is 0 Å². The van der Waals surface area contributed by atoms with Crippen molar-refractivity contribution < 1.29 is 5.11 Å². The molecule has 0 atom stereocenters. The Hall–Kier alpha value is -6.74. The van der Waals surface area contributed by atoms with Crippen LogP contribution in [0.15, 0.2) is 182 Å². The minimum absolute atomic E-state index is 0.00156. The molecule has 8 rings (SSSR count). The van der Waals surface area contributed by atoms with Crippen LogP contribution in [0.25, 0.3) is 33.1 Å². The zero-order valence-corrected chi connectivity index (χ0v) is 34.9. The highest BCUT2D eigenvalue weighted by atomic mass is 16.3. The van der Waals surface area contributed by atoms with Crippen LogP contribution in [0.2, 0.25) is 0 Å². The monoisotopic (exact) mass is 765 g/mol. The van der Waals surface area contributed by atoms with Crippen molar-refractivity contribution >= 4 is 50.1 Å². The van der Waals surface area contributed by atoms with E-state index < -0.39 is 0 Å². The lowest BCUT2D eigenvalue weighted by Gasteiger charge is -2.28. The van der Waals surface area contributed by atoms with Gasteiger partial charge in [0.25, 0.3) is 0 Å². The van der Waals surface area contributed by atoms with Gasteiger partial charge in [-0.25, -0.2) is 0 Å². The summed E-state index contributed by atoms with van der Waals surface area (Å²) in [6.45, 7) is 13.0. The Labute approximate surface area is 350 Å². The smallest absolute Gasteiger partial charge is 0.0681 e. The van der Waals surface area contributed by atoms with Crippen LogP contribution in [0.1, 0.15) is 75.0 Å². The van der Waals surface area contributed by atoms with Gasteiger partial charge in [-0.05, 0) is 138 Å². The number of rotatable bonds is 10. The maximum Gasteiger partial charge on any atom is 0.0681 e. The summed E-state index contributed by atoms with van der Waals surface area (Å²) in [5, 5.41) is 12.3. The van der Waals surface area contributed by atoms with Crippen LogP contribution < -0.4 is 4.90 Å². The lowest BCUT2D eigenvalue weighted by molar-refractivity contribution is 0.282. The molecule has 0 spiro atoms. The van der Waals surface area contributed by atoms with E-state index in [-0.39, 0.29) is 6.61 Å². The van der Waals surface area contributed by atoms with Crippen LogP contribution in [-0.4, -0.2) is 5.11 Å². The number of hydrogen-bond acceptors (Lipinski definition) is 2. The average Bonchev–Trinajstić information content (AvgIpc) is 3.27. The fraction of sp³-hybridized carbons (Fsp3) is 0.123. The average molecular weight is 766 g/mol. The maximum absolute atomic E-state index is 9.96. The van der Waals surface area contributed by atoms with Crippen molar-refractivity contribution in [1.82, 2.24) is 0 Å². The van der Waals surface area contributed by atoms with Gasteiger partial charge in [0.2, 0.25) is 0 Å². The van der Waals surface area contributed by atoms with E-state index in [4.69, 9.17) is 0 Å². The normalized spacial score (nSPS) is 11.0. The van der Waals surface area contributed by atoms with Gasteiger partial charge < -0.3 is 10.0 Å². The van der Waals surface area contributed by atoms with Gasteiger partial charge in [0, 0.05) is 16.8 Å². The van der Waals surface area contributed by atoms with Crippen molar-refractivity contribution in [3.05, 3.63) is 243 Å². The van der Waals surface area contributed by atoms with E-state index in [1.165, 1.54) is 83.3 Å². The number of aliphatic hydroxyl groups excluding tert-OH is 1. The minimum atomic E-state index is -0.00156. The number of allylic oxidation sites excluding steroid dienone is 2. The summed E-state index contributed by atoms with van der Waals surface area (Å²) in [6.07, 6.45) is 0. The number of aryl methyl sites for hydroxylation is 4. The summed E-state index contributed by atoms with van der Waals surface area (Å²) in [5.41, 5.74) is 21.1. The van der Waals surface area contributed by atoms with E-state index in [2.05, 4.69) is 216 Å². The lowest BCUT2D eigenvalue weighted by Crippen LogP contribution is -2.11. The standard InChI is InChI=1S/C57H51NO/c1-38-11-21-46(22-12-38)56(47-23-13-39(2)14-24-47)42(5)45-29-33-51(34-30-45)58(50-31-19-44(37-59)20-32-50)55-36-35-52(53-9-7-8-10-54(53)55)43(6)57(48-25-15-40(3)16-26-48)49-27-17-41(4)18-28-49/h7-36,59H,37H2,1-6H3. The number of nitrogens with zero attached hydrogens (tertiary/aromatic N) is 1. The van der Waals surface area contributed by atoms with Crippen LogP contribution in [0.4, 0.5) is 17.1 Å². The van der Waals surface area contributed by atoms with Gasteiger partial charge >= 0.3 is 0 Å². The first kappa shape index (κ1) is 39.1. The third kappa shape index (κ3) is 8.19. The van der Waals surface area contributed by atoms with E-state index in [0.717, 1.165) is 28.0 Å². The lowest BCUT2D eigenvalue weighted by atomic mass is 9.87. The molecule has 0 unspecified atom stereocenters. The van der Waals surface area contributed by atoms with Crippen molar-refractivity contribution in [2.45, 2.75) is 48.1 Å². The van der Waals surface area contributed by atoms with Crippen molar-refractivity contribution in [1.29, 1.82) is 0 Å². The summed E-state index contributed by atoms with van der Waals surface area (Å²) in [7, 11) is 0. The van der Waals surface area contributed by atoms with Crippen LogP contribution in [0.3, 0.4) is 0 Å². The SMILES string of the molecule is CC(=C(c1ccc(C)cc1)c1ccc(C)cc1)c1ccc(N(c2ccc(CO)cc2)c2ccc(C(C)=C(c3ccc(C)cc3)c3ccc(C)cc3)c3ccccc23)cc1. The predicted octanol–water partition coefficient (Wildman–Crippen LogP) is 15.0. The molecule has 0 fully saturated rings. The Morgan fingerprint density at radius 3 is 1.19 bits per heavy atom. The Morgan fingerprint density at radius 2 is 0.763 bits per heavy atom. The first-order chi connectivity index (χ1) is 28.7. The Bertz CT molecular complexity index is 2690. The molecule has 290 valence electrons. The molecule has 8 aromatic rings. The summed E-state index contributed by atoms with van der Waals surface area (Å²) in [5.74, 6) is 0. The molecule has 1 N–H and O–H groups in total. The van der Waals surface area contributed by atoms with Gasteiger partial charge in [0.1, 0.15) is 0 Å². The molecule has 0 aliphatic carbocycles. The van der Waals surface area contributed by atoms with Gasteiger partial charge in [-0.15, -0.1) is 0 Å². The molecule has 0 saturated carbocycles. The second-order valence-corrected chi connectivity index (χ2v) is 15.8. The van der Waals surface area contributed by atoms with Gasteiger partial charge in [-0.2, -0.15) is 0 Å². The topological polar surface area (TPSA) is 23.5 Å². The first-order valence-electron chi connectivity index (χ1n) is 20.5. The highest BCUT2D eigenvalue weighted by Gasteiger charge is 2.20. The minimum Gasteiger partial charge on any atom is -0.392 e. The van der Waals surface area contributed by atoms with Gasteiger partial charge in [0.05, 0.1) is 12.3 Å². The Kier molecular flexibility index (Phi) is 11.3. The second-order valence-electron chi connectivity index (χ2n) is 15.8. The molecular formula is C57H51NO. The van der Waals surface area contributed by atoms with Crippen molar-refractivity contribution in [3.8, 4) is 0 Å². The van der Waals surface area contributed by atoms with E-state index in [9.17, 15) is 5.11 Å². The predicted molar refractivity (Wildman–Crippen MR) is 252 cm³/mol. The molecule has 59 heavy (non-hydrogen) atoms. The molecule has 0 radical (unpaired) electrons. The van der Waals surface area contributed by atoms with E-state index in [1.54, 1.807) is 0 Å². The first-order valence-corrected chi connectivity index (χ1v) is 20.5. The van der Waals surface area contributed by atoms with E-state index in [0.29, 0.717) is 0 Å². The van der Waals surface area contributed by atoms with Crippen LogP contribution in [0, 0.1) is 27.7 Å². The number of fused-ring (bicyclic) bond motifs is 1. The fourth-order valence-electron chi connectivity index (χ4n) is 8.20. The number of hydrogen-bond donors (Lipinski definition) is 1. The van der Waals surface area contributed by atoms with Crippen molar-refractivity contribution in [2.75, 3.05) is 4.90 Å². The van der Waals surface area contributed by atoms with E-state index in [1.807, 2.05) is 12.1 Å². The highest BCUT2D eigenvalue weighted by molar-refractivity contribution is 6.09. The van der Waals surface area contributed by atoms with Crippen LogP contribution in [0.5, 0.6) is 0 Å². The summed E-state index contributed by atoms with van der Waals surface area (Å²) < 4.78 is 0. The van der Waals surface area contributed by atoms with Gasteiger partial charge in [-0.1, -0.05) is 174 Å². The molecule has 0 aliphatic rings. The third-order valence-corrected chi connectivity index (χ3v) is 11.6. The summed E-state index contributed by atoms with van der Waals surface area (Å²) >= 11 is 0. The molecule has 2 nitrogen and oxygen atoms in total. The molecular weight excluding hydrogens is 715 g/mol. The molecule has 0 bridgehead atoms. The van der Waals surface area contributed by atoms with Crippen LogP contribution in [-0.2, 0) is 6.61 Å². The summed E-state index contributed by atoms with van der Waals surface area (Å²) in [4.78, 5) is 2.34. The van der Waals surface area contributed by atoms with Gasteiger partial charge in [-0.3, -0.25) is 0 Å². The number of aliphatic hydroxyl groups is 1. The zero-order chi connectivity index (χ0) is 41.0. The molecule has 2 heteroatoms. The molecule has 0 aliphatic heterocycles. The highest BCUT2D eigenvalue weighted by Crippen LogP contribution is 2.43. The molecule has 8 aromatic carbocycles. The molecule has 0 aromatic heterocycles.